The molecule has 1 N–H and O–H groups in total. The summed E-state index contributed by atoms with van der Waals surface area (Å²) in [6.07, 6.45) is 8.14. The Hall–Kier alpha value is -3.01. The van der Waals surface area contributed by atoms with Crippen LogP contribution in [0.3, 0.4) is 0 Å². The molecule has 0 aliphatic carbocycles. The molecule has 0 aromatic carbocycles. The summed E-state index contributed by atoms with van der Waals surface area (Å²) in [6, 6.07) is 1.70. The van der Waals surface area contributed by atoms with E-state index in [-0.39, 0.29) is 5.56 Å². The topological polar surface area (TPSA) is 107 Å². The van der Waals surface area contributed by atoms with Crippen LogP contribution in [0, 0.1) is 0 Å². The normalized spacial score (nSPS) is 15.0. The van der Waals surface area contributed by atoms with Gasteiger partial charge in [0.05, 0.1) is 25.2 Å². The predicted octanol–water partition coefficient (Wildman–Crippen LogP) is 0.0681. The number of aromatic amines is 1. The number of H-pyrrole nitrogens is 1. The summed E-state index contributed by atoms with van der Waals surface area (Å²) in [5, 5.41) is 12.1. The zero-order valence-electron chi connectivity index (χ0n) is 12.2. The number of hydrogen-bond donors (Lipinski definition) is 1. The molecule has 3 aromatic heterocycles. The fourth-order valence-corrected chi connectivity index (χ4v) is 2.40. The third-order valence-corrected chi connectivity index (χ3v) is 3.55. The van der Waals surface area contributed by atoms with Crippen molar-refractivity contribution in [1.29, 1.82) is 0 Å². The standard InChI is InChI=1S/C13H14N8O2/c22-13-10(19-5-3-16-18-19)8-17-21(13)12-7-11(14-9-15-12)20-4-1-2-6-23-20/h3,5,7-9,17H,1-2,4,6H2. The van der Waals surface area contributed by atoms with Crippen molar-refractivity contribution in [2.45, 2.75) is 12.8 Å². The lowest BCUT2D eigenvalue weighted by molar-refractivity contribution is 0.0761. The van der Waals surface area contributed by atoms with Gasteiger partial charge in [-0.25, -0.2) is 19.7 Å². The van der Waals surface area contributed by atoms with Gasteiger partial charge in [0.15, 0.2) is 17.3 Å². The molecule has 0 atom stereocenters. The van der Waals surface area contributed by atoms with E-state index in [9.17, 15) is 4.79 Å². The maximum atomic E-state index is 12.5. The van der Waals surface area contributed by atoms with Gasteiger partial charge in [0.2, 0.25) is 0 Å². The Morgan fingerprint density at radius 3 is 2.91 bits per heavy atom. The fourth-order valence-electron chi connectivity index (χ4n) is 2.40. The molecule has 1 fully saturated rings. The third kappa shape index (κ3) is 2.48. The Kier molecular flexibility index (Phi) is 3.35. The molecular formula is C13H14N8O2. The third-order valence-electron chi connectivity index (χ3n) is 3.55. The Morgan fingerprint density at radius 2 is 2.13 bits per heavy atom. The number of hydroxylamine groups is 1. The summed E-state index contributed by atoms with van der Waals surface area (Å²) < 4.78 is 2.72. The summed E-state index contributed by atoms with van der Waals surface area (Å²) in [7, 11) is 0. The minimum Gasteiger partial charge on any atom is -0.295 e. The molecule has 4 rings (SSSR count). The number of aromatic nitrogens is 7. The molecule has 118 valence electrons. The smallest absolute Gasteiger partial charge is 0.295 e. The van der Waals surface area contributed by atoms with Crippen LogP contribution in [0.2, 0.25) is 0 Å². The summed E-state index contributed by atoms with van der Waals surface area (Å²) in [6.45, 7) is 1.43. The second-order valence-corrected chi connectivity index (χ2v) is 5.02. The van der Waals surface area contributed by atoms with Gasteiger partial charge in [0.1, 0.15) is 6.33 Å². The van der Waals surface area contributed by atoms with Gasteiger partial charge in [-0.1, -0.05) is 5.21 Å². The molecule has 23 heavy (non-hydrogen) atoms. The van der Waals surface area contributed by atoms with Gasteiger partial charge in [-0.3, -0.25) is 14.7 Å². The molecule has 0 amide bonds. The fraction of sp³-hybridized carbons (Fsp3) is 0.308. The van der Waals surface area contributed by atoms with E-state index in [1.54, 1.807) is 23.5 Å². The van der Waals surface area contributed by atoms with Gasteiger partial charge in [0, 0.05) is 12.6 Å². The monoisotopic (exact) mass is 314 g/mol. The van der Waals surface area contributed by atoms with Crippen molar-refractivity contribution in [3.63, 3.8) is 0 Å². The average molecular weight is 314 g/mol. The van der Waals surface area contributed by atoms with Crippen molar-refractivity contribution in [2.75, 3.05) is 18.2 Å². The maximum Gasteiger partial charge on any atom is 0.298 e. The largest absolute Gasteiger partial charge is 0.298 e. The molecule has 0 radical (unpaired) electrons. The van der Waals surface area contributed by atoms with Gasteiger partial charge < -0.3 is 0 Å². The predicted molar refractivity (Wildman–Crippen MR) is 79.4 cm³/mol. The van der Waals surface area contributed by atoms with Crippen LogP contribution in [-0.2, 0) is 4.84 Å². The highest BCUT2D eigenvalue weighted by molar-refractivity contribution is 5.42. The molecule has 0 unspecified atom stereocenters. The van der Waals surface area contributed by atoms with Crippen molar-refractivity contribution in [3.8, 4) is 11.5 Å². The highest BCUT2D eigenvalue weighted by Crippen LogP contribution is 2.17. The summed E-state index contributed by atoms with van der Waals surface area (Å²) in [5.41, 5.74) is 0.0802. The second-order valence-electron chi connectivity index (χ2n) is 5.02. The summed E-state index contributed by atoms with van der Waals surface area (Å²) >= 11 is 0. The zero-order chi connectivity index (χ0) is 15.6. The van der Waals surface area contributed by atoms with Gasteiger partial charge >= 0.3 is 0 Å². The molecule has 0 spiro atoms. The summed E-state index contributed by atoms with van der Waals surface area (Å²) in [4.78, 5) is 26.4. The van der Waals surface area contributed by atoms with Crippen LogP contribution in [0.25, 0.3) is 11.5 Å². The van der Waals surface area contributed by atoms with Gasteiger partial charge in [0.25, 0.3) is 5.56 Å². The summed E-state index contributed by atoms with van der Waals surface area (Å²) in [5.74, 6) is 1.05. The van der Waals surface area contributed by atoms with Crippen LogP contribution in [0.5, 0.6) is 0 Å². The molecule has 1 saturated heterocycles. The molecule has 0 saturated carbocycles. The SMILES string of the molecule is O=c1c(-n2ccnn2)c[nH]n1-c1cc(N2CCCCO2)ncn1. The van der Waals surface area contributed by atoms with E-state index in [0.717, 1.165) is 19.4 Å². The Balaban J connectivity index is 1.70. The first-order valence-electron chi connectivity index (χ1n) is 7.23. The van der Waals surface area contributed by atoms with Crippen molar-refractivity contribution < 1.29 is 4.84 Å². The first-order chi connectivity index (χ1) is 11.3. The van der Waals surface area contributed by atoms with Crippen molar-refractivity contribution >= 4 is 5.82 Å². The quantitative estimate of drug-likeness (QED) is 0.729. The van der Waals surface area contributed by atoms with E-state index in [4.69, 9.17) is 4.84 Å². The Morgan fingerprint density at radius 1 is 1.22 bits per heavy atom. The molecule has 10 heteroatoms. The van der Waals surface area contributed by atoms with E-state index in [2.05, 4.69) is 25.4 Å². The van der Waals surface area contributed by atoms with Crippen LogP contribution < -0.4 is 10.6 Å². The molecule has 4 heterocycles. The minimum absolute atomic E-state index is 0.278. The average Bonchev–Trinajstić information content (AvgIpc) is 3.25. The number of hydrogen-bond acceptors (Lipinski definition) is 7. The second kappa shape index (κ2) is 5.65. The molecule has 10 nitrogen and oxygen atoms in total. The van der Waals surface area contributed by atoms with Crippen LogP contribution in [0.1, 0.15) is 12.8 Å². The number of nitrogens with zero attached hydrogens (tertiary/aromatic N) is 7. The lowest BCUT2D eigenvalue weighted by Gasteiger charge is -2.26. The van der Waals surface area contributed by atoms with Gasteiger partial charge in [-0.2, -0.15) is 4.68 Å². The maximum absolute atomic E-state index is 12.5. The highest BCUT2D eigenvalue weighted by atomic mass is 16.7. The van der Waals surface area contributed by atoms with E-state index in [1.807, 2.05) is 0 Å². The van der Waals surface area contributed by atoms with Crippen LogP contribution in [0.4, 0.5) is 5.82 Å². The number of anilines is 1. The number of rotatable bonds is 3. The van der Waals surface area contributed by atoms with Crippen LogP contribution >= 0.6 is 0 Å². The lowest BCUT2D eigenvalue weighted by atomic mass is 10.3. The molecule has 0 bridgehead atoms. The van der Waals surface area contributed by atoms with Crippen molar-refractivity contribution in [2.24, 2.45) is 0 Å². The number of nitrogens with one attached hydrogen (secondary N) is 1. The lowest BCUT2D eigenvalue weighted by Crippen LogP contribution is -2.31. The Labute approximate surface area is 130 Å². The first kappa shape index (κ1) is 13.6. The van der Waals surface area contributed by atoms with Crippen LogP contribution in [0.15, 0.2) is 35.8 Å². The van der Waals surface area contributed by atoms with Crippen molar-refractivity contribution in [3.05, 3.63) is 41.3 Å². The zero-order valence-corrected chi connectivity index (χ0v) is 12.2. The van der Waals surface area contributed by atoms with Gasteiger partial charge in [-0.15, -0.1) is 5.10 Å². The molecule has 1 aliphatic heterocycles. The van der Waals surface area contributed by atoms with Crippen LogP contribution in [-0.4, -0.2) is 47.9 Å². The molecule has 1 aliphatic rings. The van der Waals surface area contributed by atoms with Gasteiger partial charge in [-0.05, 0) is 12.8 Å². The van der Waals surface area contributed by atoms with E-state index >= 15 is 0 Å². The van der Waals surface area contributed by atoms with E-state index in [1.165, 1.54) is 21.9 Å². The first-order valence-corrected chi connectivity index (χ1v) is 7.23. The van der Waals surface area contributed by atoms with E-state index in [0.29, 0.717) is 23.9 Å². The Bertz CT molecular complexity index is 847. The highest BCUT2D eigenvalue weighted by Gasteiger charge is 2.16. The minimum atomic E-state index is -0.278. The molecular weight excluding hydrogens is 300 g/mol. The van der Waals surface area contributed by atoms with E-state index < -0.39 is 0 Å². The van der Waals surface area contributed by atoms with Crippen molar-refractivity contribution in [1.82, 2.24) is 34.7 Å². The molecule has 3 aromatic rings.